The Morgan fingerprint density at radius 3 is 2.68 bits per heavy atom. The van der Waals surface area contributed by atoms with E-state index in [1.807, 2.05) is 24.3 Å². The Balaban J connectivity index is 2.25. The van der Waals surface area contributed by atoms with Gasteiger partial charge >= 0.3 is 0 Å². The summed E-state index contributed by atoms with van der Waals surface area (Å²) in [5.74, 6) is 1.44. The van der Waals surface area contributed by atoms with Crippen molar-refractivity contribution in [1.29, 1.82) is 0 Å². The van der Waals surface area contributed by atoms with Crippen LogP contribution in [-0.4, -0.2) is 26.8 Å². The van der Waals surface area contributed by atoms with Gasteiger partial charge in [0.1, 0.15) is 0 Å². The van der Waals surface area contributed by atoms with Crippen LogP contribution >= 0.6 is 22.6 Å². The van der Waals surface area contributed by atoms with Gasteiger partial charge in [-0.15, -0.1) is 5.10 Å². The lowest BCUT2D eigenvalue weighted by Gasteiger charge is -2.15. The van der Waals surface area contributed by atoms with Crippen molar-refractivity contribution in [3.05, 3.63) is 33.7 Å². The zero-order valence-electron chi connectivity index (χ0n) is 11.3. The zero-order chi connectivity index (χ0) is 13.8. The molecule has 102 valence electrons. The average Bonchev–Trinajstić information content (AvgIpc) is 2.85. The molecule has 0 aliphatic rings. The predicted octanol–water partition coefficient (Wildman–Crippen LogP) is 2.57. The highest BCUT2D eigenvalue weighted by molar-refractivity contribution is 14.1. The van der Waals surface area contributed by atoms with E-state index in [0.717, 1.165) is 21.6 Å². The predicted molar refractivity (Wildman–Crippen MR) is 83.1 cm³/mol. The second-order valence-corrected chi connectivity index (χ2v) is 6.09. The molecule has 0 saturated carbocycles. The summed E-state index contributed by atoms with van der Waals surface area (Å²) in [6.07, 6.45) is 0. The maximum Gasteiger partial charge on any atom is 0.173 e. The minimum absolute atomic E-state index is 0.119. The molecule has 2 rings (SSSR count). The number of rotatable bonds is 5. The van der Waals surface area contributed by atoms with Gasteiger partial charge < -0.3 is 5.32 Å². The second kappa shape index (κ2) is 6.42. The molecule has 5 nitrogen and oxygen atoms in total. The van der Waals surface area contributed by atoms with Crippen LogP contribution in [0.3, 0.4) is 0 Å². The number of aromatic nitrogens is 4. The Bertz CT molecular complexity index is 537. The van der Waals surface area contributed by atoms with Crippen molar-refractivity contribution in [2.24, 2.45) is 5.92 Å². The lowest BCUT2D eigenvalue weighted by molar-refractivity contribution is 0.475. The molecule has 0 bridgehead atoms. The molecule has 0 aliphatic carbocycles. The molecule has 1 aromatic carbocycles. The molecule has 0 aliphatic heterocycles. The first kappa shape index (κ1) is 14.4. The second-order valence-electron chi connectivity index (χ2n) is 4.92. The summed E-state index contributed by atoms with van der Waals surface area (Å²) in [6, 6.07) is 8.20. The highest BCUT2D eigenvalue weighted by atomic mass is 127. The van der Waals surface area contributed by atoms with Gasteiger partial charge in [-0.05, 0) is 64.5 Å². The van der Waals surface area contributed by atoms with E-state index in [1.54, 1.807) is 4.68 Å². The Morgan fingerprint density at radius 2 is 2.00 bits per heavy atom. The van der Waals surface area contributed by atoms with Crippen LogP contribution in [0.4, 0.5) is 0 Å². The third-order valence-electron chi connectivity index (χ3n) is 2.79. The third kappa shape index (κ3) is 3.50. The number of halogens is 1. The van der Waals surface area contributed by atoms with Crippen LogP contribution in [0, 0.1) is 9.49 Å². The van der Waals surface area contributed by atoms with Crippen molar-refractivity contribution in [2.75, 3.05) is 6.54 Å². The molecule has 1 heterocycles. The van der Waals surface area contributed by atoms with E-state index in [-0.39, 0.29) is 6.04 Å². The lowest BCUT2D eigenvalue weighted by atomic mass is 10.2. The first-order valence-corrected chi connectivity index (χ1v) is 7.44. The standard InChI is InChI=1S/C13H18IN5/c1-9(2)8-15-10(3)13-16-17-18-19(13)12-7-5-4-6-11(12)14/h4-7,9-10,15H,8H2,1-3H3. The summed E-state index contributed by atoms with van der Waals surface area (Å²) in [5, 5.41) is 15.5. The Labute approximate surface area is 126 Å². The largest absolute Gasteiger partial charge is 0.307 e. The molecule has 0 radical (unpaired) electrons. The van der Waals surface area contributed by atoms with E-state index in [0.29, 0.717) is 5.92 Å². The van der Waals surface area contributed by atoms with Crippen molar-refractivity contribution < 1.29 is 0 Å². The van der Waals surface area contributed by atoms with Gasteiger partial charge in [0.2, 0.25) is 0 Å². The minimum atomic E-state index is 0.119. The van der Waals surface area contributed by atoms with E-state index < -0.39 is 0 Å². The van der Waals surface area contributed by atoms with Crippen LogP contribution in [-0.2, 0) is 0 Å². The fourth-order valence-electron chi connectivity index (χ4n) is 1.76. The van der Waals surface area contributed by atoms with Crippen LogP contribution in [0.25, 0.3) is 5.69 Å². The van der Waals surface area contributed by atoms with Crippen molar-refractivity contribution in [1.82, 2.24) is 25.5 Å². The van der Waals surface area contributed by atoms with Gasteiger partial charge in [0.25, 0.3) is 0 Å². The molecule has 0 spiro atoms. The fourth-order valence-corrected chi connectivity index (χ4v) is 2.38. The van der Waals surface area contributed by atoms with E-state index >= 15 is 0 Å². The van der Waals surface area contributed by atoms with Crippen molar-refractivity contribution >= 4 is 22.6 Å². The molecule has 1 aromatic heterocycles. The van der Waals surface area contributed by atoms with E-state index in [1.165, 1.54) is 0 Å². The topological polar surface area (TPSA) is 55.6 Å². The molecule has 6 heteroatoms. The van der Waals surface area contributed by atoms with Crippen LogP contribution in [0.5, 0.6) is 0 Å². The lowest BCUT2D eigenvalue weighted by Crippen LogP contribution is -2.26. The van der Waals surface area contributed by atoms with Gasteiger partial charge in [0.05, 0.1) is 11.7 Å². The van der Waals surface area contributed by atoms with Gasteiger partial charge in [0.15, 0.2) is 5.82 Å². The van der Waals surface area contributed by atoms with Crippen molar-refractivity contribution in [2.45, 2.75) is 26.8 Å². The Hall–Kier alpha value is -1.02. The number of hydrogen-bond acceptors (Lipinski definition) is 4. The molecule has 0 amide bonds. The van der Waals surface area contributed by atoms with Gasteiger partial charge in [-0.3, -0.25) is 0 Å². The van der Waals surface area contributed by atoms with Gasteiger partial charge in [0, 0.05) is 3.57 Å². The van der Waals surface area contributed by atoms with Crippen LogP contribution < -0.4 is 5.32 Å². The number of nitrogens with zero attached hydrogens (tertiary/aromatic N) is 4. The summed E-state index contributed by atoms with van der Waals surface area (Å²) < 4.78 is 2.93. The molecule has 0 saturated heterocycles. The van der Waals surface area contributed by atoms with E-state index in [4.69, 9.17) is 0 Å². The van der Waals surface area contributed by atoms with Crippen molar-refractivity contribution in [3.63, 3.8) is 0 Å². The molecule has 1 N–H and O–H groups in total. The minimum Gasteiger partial charge on any atom is -0.307 e. The molecule has 1 atom stereocenters. The van der Waals surface area contributed by atoms with Gasteiger partial charge in [-0.2, -0.15) is 4.68 Å². The van der Waals surface area contributed by atoms with E-state index in [9.17, 15) is 0 Å². The number of para-hydroxylation sites is 1. The third-order valence-corrected chi connectivity index (χ3v) is 3.71. The van der Waals surface area contributed by atoms with Gasteiger partial charge in [-0.25, -0.2) is 0 Å². The fraction of sp³-hybridized carbons (Fsp3) is 0.462. The summed E-state index contributed by atoms with van der Waals surface area (Å²) in [5.41, 5.74) is 1.02. The quantitative estimate of drug-likeness (QED) is 0.821. The molecule has 1 unspecified atom stereocenters. The first-order chi connectivity index (χ1) is 9.09. The normalized spacial score (nSPS) is 12.9. The van der Waals surface area contributed by atoms with Crippen molar-refractivity contribution in [3.8, 4) is 5.69 Å². The number of hydrogen-bond donors (Lipinski definition) is 1. The monoisotopic (exact) mass is 371 g/mol. The Morgan fingerprint density at radius 1 is 1.26 bits per heavy atom. The molecule has 2 aromatic rings. The summed E-state index contributed by atoms with van der Waals surface area (Å²) in [7, 11) is 0. The summed E-state index contributed by atoms with van der Waals surface area (Å²) in [6.45, 7) is 7.39. The molecular formula is C13H18IN5. The zero-order valence-corrected chi connectivity index (χ0v) is 13.5. The number of nitrogens with one attached hydrogen (secondary N) is 1. The average molecular weight is 371 g/mol. The van der Waals surface area contributed by atoms with E-state index in [2.05, 4.69) is 64.2 Å². The summed E-state index contributed by atoms with van der Waals surface area (Å²) in [4.78, 5) is 0. The highest BCUT2D eigenvalue weighted by Crippen LogP contribution is 2.19. The number of benzene rings is 1. The number of tetrazole rings is 1. The molecular weight excluding hydrogens is 353 g/mol. The van der Waals surface area contributed by atoms with Gasteiger partial charge in [-0.1, -0.05) is 26.0 Å². The Kier molecular flexibility index (Phi) is 4.87. The van der Waals surface area contributed by atoms with Crippen LogP contribution in [0.1, 0.15) is 32.6 Å². The highest BCUT2D eigenvalue weighted by Gasteiger charge is 2.16. The molecule has 0 fully saturated rings. The molecule has 19 heavy (non-hydrogen) atoms. The first-order valence-electron chi connectivity index (χ1n) is 6.36. The SMILES string of the molecule is CC(C)CNC(C)c1nnnn1-c1ccccc1I. The maximum atomic E-state index is 4.15. The smallest absolute Gasteiger partial charge is 0.173 e. The maximum absolute atomic E-state index is 4.15. The summed E-state index contributed by atoms with van der Waals surface area (Å²) >= 11 is 2.30. The van der Waals surface area contributed by atoms with Crippen LogP contribution in [0.2, 0.25) is 0 Å². The van der Waals surface area contributed by atoms with Crippen LogP contribution in [0.15, 0.2) is 24.3 Å².